The highest BCUT2D eigenvalue weighted by molar-refractivity contribution is 5.94. The number of carbonyl (C=O) groups excluding carboxylic acids is 1. The maximum absolute atomic E-state index is 13.6. The predicted molar refractivity (Wildman–Crippen MR) is 109 cm³/mol. The maximum atomic E-state index is 13.6. The van der Waals surface area contributed by atoms with Crippen LogP contribution in [-0.2, 0) is 6.54 Å². The van der Waals surface area contributed by atoms with E-state index in [1.807, 2.05) is 6.92 Å². The van der Waals surface area contributed by atoms with E-state index in [0.717, 1.165) is 5.56 Å². The lowest BCUT2D eigenvalue weighted by Gasteiger charge is -2.15. The molecule has 0 aromatic heterocycles. The van der Waals surface area contributed by atoms with E-state index in [-0.39, 0.29) is 30.3 Å². The van der Waals surface area contributed by atoms with Crippen molar-refractivity contribution in [1.29, 1.82) is 0 Å². The highest BCUT2D eigenvalue weighted by Gasteiger charge is 2.11. The second kappa shape index (κ2) is 11.1. The molecule has 2 aromatic carbocycles. The fraction of sp³-hybridized carbons (Fsp3) is 0.333. The molecule has 3 N–H and O–H groups in total. The van der Waals surface area contributed by atoms with Gasteiger partial charge in [-0.3, -0.25) is 9.79 Å². The van der Waals surface area contributed by atoms with Gasteiger partial charge in [0.2, 0.25) is 0 Å². The summed E-state index contributed by atoms with van der Waals surface area (Å²) >= 11 is 0. The van der Waals surface area contributed by atoms with E-state index in [0.29, 0.717) is 23.6 Å². The van der Waals surface area contributed by atoms with E-state index in [4.69, 9.17) is 0 Å². The Bertz CT molecular complexity index is 904. The molecule has 0 aliphatic carbocycles. The van der Waals surface area contributed by atoms with Crippen LogP contribution in [0.15, 0.2) is 41.4 Å². The smallest absolute Gasteiger partial charge is 0.387 e. The van der Waals surface area contributed by atoms with Crippen molar-refractivity contribution in [2.24, 2.45) is 4.99 Å². The molecule has 0 aliphatic heterocycles. The lowest BCUT2D eigenvalue weighted by Crippen LogP contribution is -2.41. The van der Waals surface area contributed by atoms with Crippen molar-refractivity contribution in [3.8, 4) is 5.75 Å². The Labute approximate surface area is 173 Å². The normalized spacial score (nSPS) is 11.4. The molecule has 1 amide bonds. The quantitative estimate of drug-likeness (QED) is 0.347. The molecule has 2 rings (SSSR count). The van der Waals surface area contributed by atoms with Gasteiger partial charge in [0.25, 0.3) is 5.91 Å². The van der Waals surface area contributed by atoms with Gasteiger partial charge in [0, 0.05) is 37.8 Å². The molecule has 9 heteroatoms. The van der Waals surface area contributed by atoms with Crippen LogP contribution in [0, 0.1) is 19.7 Å². The molecule has 2 aromatic rings. The number of benzene rings is 2. The molecule has 30 heavy (non-hydrogen) atoms. The number of guanidine groups is 1. The third-order valence-corrected chi connectivity index (χ3v) is 4.24. The zero-order chi connectivity index (χ0) is 22.1. The number of halogens is 3. The molecule has 0 fully saturated rings. The summed E-state index contributed by atoms with van der Waals surface area (Å²) in [5, 5.41) is 8.70. The average molecular weight is 422 g/mol. The van der Waals surface area contributed by atoms with Gasteiger partial charge in [-0.15, -0.1) is 0 Å². The number of amides is 1. The minimum absolute atomic E-state index is 0.0937. The van der Waals surface area contributed by atoms with Crippen molar-refractivity contribution in [3.63, 3.8) is 0 Å². The number of aliphatic imine (C=N–C) groups is 1. The minimum Gasteiger partial charge on any atom is -0.434 e. The molecule has 162 valence electrons. The summed E-state index contributed by atoms with van der Waals surface area (Å²) in [6.45, 7) is 1.42. The van der Waals surface area contributed by atoms with E-state index in [1.165, 1.54) is 12.1 Å². The molecule has 0 unspecified atom stereocenters. The number of hydrogen-bond donors (Lipinski definition) is 3. The Morgan fingerprint density at radius 1 is 1.07 bits per heavy atom. The number of rotatable bonds is 8. The Kier molecular flexibility index (Phi) is 8.52. The van der Waals surface area contributed by atoms with Gasteiger partial charge in [-0.25, -0.2) is 4.39 Å². The van der Waals surface area contributed by atoms with Crippen LogP contribution in [0.1, 0.15) is 27.0 Å². The van der Waals surface area contributed by atoms with E-state index in [2.05, 4.69) is 25.7 Å². The topological polar surface area (TPSA) is 74.8 Å². The first-order valence-electron chi connectivity index (χ1n) is 9.33. The van der Waals surface area contributed by atoms with Crippen molar-refractivity contribution < 1.29 is 22.7 Å². The zero-order valence-corrected chi connectivity index (χ0v) is 17.1. The van der Waals surface area contributed by atoms with E-state index >= 15 is 0 Å². The fourth-order valence-corrected chi connectivity index (χ4v) is 2.65. The van der Waals surface area contributed by atoms with Gasteiger partial charge in [0.15, 0.2) is 5.96 Å². The first-order chi connectivity index (χ1) is 14.3. The first-order valence-corrected chi connectivity index (χ1v) is 9.33. The maximum Gasteiger partial charge on any atom is 0.387 e. The standard InChI is InChI=1S/C21H25F3N4O2/c1-13-4-7-18(30-20(23)24)16(10-13)12-28-21(25-3)27-9-8-26-19(29)15-6-5-14(2)17(22)11-15/h4-7,10-11,20H,8-9,12H2,1-3H3,(H,26,29)(H2,25,27,28). The highest BCUT2D eigenvalue weighted by Crippen LogP contribution is 2.21. The second-order valence-corrected chi connectivity index (χ2v) is 6.56. The Morgan fingerprint density at radius 3 is 2.47 bits per heavy atom. The molecule has 0 bridgehead atoms. The van der Waals surface area contributed by atoms with Crippen molar-refractivity contribution in [3.05, 3.63) is 64.5 Å². The van der Waals surface area contributed by atoms with Crippen molar-refractivity contribution in [1.82, 2.24) is 16.0 Å². The first kappa shape index (κ1) is 23.1. The molecule has 6 nitrogen and oxygen atoms in total. The van der Waals surface area contributed by atoms with Crippen LogP contribution < -0.4 is 20.7 Å². The molecule has 0 saturated heterocycles. The molecule has 0 spiro atoms. The minimum atomic E-state index is -2.91. The van der Waals surface area contributed by atoms with Crippen molar-refractivity contribution in [2.75, 3.05) is 20.1 Å². The molecule has 0 saturated carbocycles. The average Bonchev–Trinajstić information content (AvgIpc) is 2.70. The van der Waals surface area contributed by atoms with Gasteiger partial charge in [0.1, 0.15) is 11.6 Å². The molecule has 0 radical (unpaired) electrons. The SMILES string of the molecule is CN=C(NCCNC(=O)c1ccc(C)c(F)c1)NCc1cc(C)ccc1OC(F)F. The summed E-state index contributed by atoms with van der Waals surface area (Å²) in [6, 6.07) is 9.24. The largest absolute Gasteiger partial charge is 0.434 e. The van der Waals surface area contributed by atoms with Crippen LogP contribution in [0.3, 0.4) is 0 Å². The van der Waals surface area contributed by atoms with Crippen LogP contribution in [0.4, 0.5) is 13.2 Å². The van der Waals surface area contributed by atoms with Crippen molar-refractivity contribution in [2.45, 2.75) is 27.0 Å². The van der Waals surface area contributed by atoms with E-state index in [9.17, 15) is 18.0 Å². The van der Waals surface area contributed by atoms with E-state index in [1.54, 1.807) is 38.2 Å². The number of nitrogens with one attached hydrogen (secondary N) is 3. The van der Waals surface area contributed by atoms with Gasteiger partial charge < -0.3 is 20.7 Å². The number of nitrogens with zero attached hydrogens (tertiary/aromatic N) is 1. The van der Waals surface area contributed by atoms with E-state index < -0.39 is 12.4 Å². The molecule has 0 atom stereocenters. The summed E-state index contributed by atoms with van der Waals surface area (Å²) in [5.41, 5.74) is 2.19. The van der Waals surface area contributed by atoms with Gasteiger partial charge in [-0.05, 0) is 37.6 Å². The third kappa shape index (κ3) is 6.98. The lowest BCUT2D eigenvalue weighted by molar-refractivity contribution is -0.0504. The van der Waals surface area contributed by atoms with Gasteiger partial charge in [0.05, 0.1) is 0 Å². The number of carbonyl (C=O) groups is 1. The molecule has 0 heterocycles. The van der Waals surface area contributed by atoms with Crippen LogP contribution in [0.2, 0.25) is 0 Å². The Balaban J connectivity index is 1.82. The summed E-state index contributed by atoms with van der Waals surface area (Å²) in [4.78, 5) is 16.1. The van der Waals surface area contributed by atoms with Crippen LogP contribution in [-0.4, -0.2) is 38.6 Å². The number of aryl methyl sites for hydroxylation is 2. The second-order valence-electron chi connectivity index (χ2n) is 6.56. The monoisotopic (exact) mass is 422 g/mol. The molecular formula is C21H25F3N4O2. The summed E-state index contributed by atoms with van der Waals surface area (Å²) < 4.78 is 43.2. The summed E-state index contributed by atoms with van der Waals surface area (Å²) in [7, 11) is 1.57. The highest BCUT2D eigenvalue weighted by atomic mass is 19.3. The number of ether oxygens (including phenoxy) is 1. The van der Waals surface area contributed by atoms with Gasteiger partial charge in [-0.2, -0.15) is 8.78 Å². The van der Waals surface area contributed by atoms with Crippen LogP contribution in [0.25, 0.3) is 0 Å². The summed E-state index contributed by atoms with van der Waals surface area (Å²) in [6.07, 6.45) is 0. The predicted octanol–water partition coefficient (Wildman–Crippen LogP) is 3.14. The van der Waals surface area contributed by atoms with Gasteiger partial charge >= 0.3 is 6.61 Å². The van der Waals surface area contributed by atoms with Crippen LogP contribution >= 0.6 is 0 Å². The summed E-state index contributed by atoms with van der Waals surface area (Å²) in [5.74, 6) is -0.296. The lowest BCUT2D eigenvalue weighted by atomic mass is 10.1. The number of alkyl halides is 2. The van der Waals surface area contributed by atoms with Crippen LogP contribution in [0.5, 0.6) is 5.75 Å². The molecular weight excluding hydrogens is 397 g/mol. The number of hydrogen-bond acceptors (Lipinski definition) is 3. The Hall–Kier alpha value is -3.23. The zero-order valence-electron chi connectivity index (χ0n) is 17.1. The van der Waals surface area contributed by atoms with Gasteiger partial charge in [-0.1, -0.05) is 23.8 Å². The molecule has 0 aliphatic rings. The Morgan fingerprint density at radius 2 is 1.80 bits per heavy atom. The fourth-order valence-electron chi connectivity index (χ4n) is 2.65. The third-order valence-electron chi connectivity index (χ3n) is 4.24. The van der Waals surface area contributed by atoms with Crippen molar-refractivity contribution >= 4 is 11.9 Å².